The van der Waals surface area contributed by atoms with Gasteiger partial charge in [0.15, 0.2) is 0 Å². The fourth-order valence-corrected chi connectivity index (χ4v) is 6.33. The number of carboxylic acid groups (broad SMARTS) is 1. The quantitative estimate of drug-likeness (QED) is 0.162. The van der Waals surface area contributed by atoms with Gasteiger partial charge in [0, 0.05) is 31.9 Å². The monoisotopic (exact) mass is 510 g/mol. The number of carboxylic acids is 1. The average Bonchev–Trinajstić information content (AvgIpc) is 3.26. The summed E-state index contributed by atoms with van der Waals surface area (Å²) in [5, 5.41) is 13.1. The first-order chi connectivity index (χ1) is 16.6. The van der Waals surface area contributed by atoms with Crippen LogP contribution >= 0.6 is 34.7 Å². The fraction of sp³-hybridized carbons (Fsp3) is 0.250. The molecule has 0 atom stereocenters. The van der Waals surface area contributed by atoms with Crippen molar-refractivity contribution in [1.82, 2.24) is 0 Å². The minimum atomic E-state index is -0.854. The normalized spacial score (nSPS) is 11.1. The van der Waals surface area contributed by atoms with Crippen LogP contribution in [0.4, 0.5) is 0 Å². The molecule has 0 aliphatic carbocycles. The van der Waals surface area contributed by atoms with Crippen molar-refractivity contribution in [3.63, 3.8) is 0 Å². The summed E-state index contributed by atoms with van der Waals surface area (Å²) >= 11 is 9.81. The zero-order valence-electron chi connectivity index (χ0n) is 19.1. The lowest BCUT2D eigenvalue weighted by atomic mass is 10.0. The first kappa shape index (κ1) is 24.6. The van der Waals surface area contributed by atoms with Crippen LogP contribution in [0.1, 0.15) is 30.9 Å². The molecule has 0 radical (unpaired) electrons. The minimum Gasteiger partial charge on any atom is -0.493 e. The van der Waals surface area contributed by atoms with Crippen molar-refractivity contribution < 1.29 is 14.6 Å². The van der Waals surface area contributed by atoms with Gasteiger partial charge in [0.1, 0.15) is 5.75 Å². The SMILES string of the molecule is CCCc1c(OCCCSc2ccc(CC(=O)O)cc2Cl)ccc2c(-c3ccccc3)csc12. The molecule has 0 fully saturated rings. The molecule has 3 aromatic carbocycles. The van der Waals surface area contributed by atoms with E-state index in [0.717, 1.165) is 35.7 Å². The number of aliphatic carboxylic acids is 1. The van der Waals surface area contributed by atoms with Gasteiger partial charge in [-0.15, -0.1) is 23.1 Å². The highest BCUT2D eigenvalue weighted by atomic mass is 35.5. The number of hydrogen-bond acceptors (Lipinski definition) is 4. The van der Waals surface area contributed by atoms with Crippen LogP contribution < -0.4 is 4.74 Å². The molecule has 0 amide bonds. The Morgan fingerprint density at radius 2 is 1.94 bits per heavy atom. The van der Waals surface area contributed by atoms with Gasteiger partial charge in [0.25, 0.3) is 0 Å². The largest absolute Gasteiger partial charge is 0.493 e. The topological polar surface area (TPSA) is 46.5 Å². The number of thioether (sulfide) groups is 1. The summed E-state index contributed by atoms with van der Waals surface area (Å²) in [5.41, 5.74) is 4.55. The number of thiophene rings is 1. The third kappa shape index (κ3) is 5.96. The number of ether oxygens (including phenoxy) is 1. The van der Waals surface area contributed by atoms with Crippen LogP contribution in [-0.2, 0) is 17.6 Å². The van der Waals surface area contributed by atoms with Gasteiger partial charge in [-0.25, -0.2) is 0 Å². The second kappa shape index (κ2) is 11.8. The standard InChI is InChI=1S/C28H27ClO3S2/c1-2-7-22-25(12-11-21-23(18-34-28(21)22)20-8-4-3-5-9-20)32-14-6-15-33-26-13-10-19(16-24(26)29)17-27(30)31/h3-5,8-13,16,18H,2,6-7,14-15,17H2,1H3,(H,30,31). The predicted octanol–water partition coefficient (Wildman–Crippen LogP) is 8.36. The number of carbonyl (C=O) groups is 1. The fourth-order valence-electron chi connectivity index (χ4n) is 3.97. The van der Waals surface area contributed by atoms with Gasteiger partial charge >= 0.3 is 5.97 Å². The minimum absolute atomic E-state index is 0.0139. The number of fused-ring (bicyclic) bond motifs is 1. The van der Waals surface area contributed by atoms with E-state index in [1.165, 1.54) is 26.8 Å². The molecule has 0 aliphatic heterocycles. The molecule has 0 unspecified atom stereocenters. The Hall–Kier alpha value is -2.47. The Balaban J connectivity index is 1.39. The molecule has 0 spiro atoms. The van der Waals surface area contributed by atoms with Gasteiger partial charge in [0.05, 0.1) is 18.1 Å². The van der Waals surface area contributed by atoms with Crippen molar-refractivity contribution in [1.29, 1.82) is 0 Å². The Morgan fingerprint density at radius 1 is 1.12 bits per heavy atom. The molecule has 1 N–H and O–H groups in total. The molecule has 3 nitrogen and oxygen atoms in total. The lowest BCUT2D eigenvalue weighted by Crippen LogP contribution is -2.02. The van der Waals surface area contributed by atoms with Crippen molar-refractivity contribution >= 4 is 50.8 Å². The Bertz CT molecular complexity index is 1270. The molecule has 1 aromatic heterocycles. The van der Waals surface area contributed by atoms with Gasteiger partial charge in [-0.05, 0) is 53.6 Å². The van der Waals surface area contributed by atoms with Gasteiger partial charge in [0.2, 0.25) is 0 Å². The van der Waals surface area contributed by atoms with E-state index in [1.54, 1.807) is 29.2 Å². The summed E-state index contributed by atoms with van der Waals surface area (Å²) in [5.74, 6) is 1.01. The third-order valence-corrected chi connectivity index (χ3v) is 8.18. The number of aryl methyl sites for hydroxylation is 1. The van der Waals surface area contributed by atoms with Gasteiger partial charge < -0.3 is 9.84 Å². The van der Waals surface area contributed by atoms with Crippen molar-refractivity contribution in [2.24, 2.45) is 0 Å². The summed E-state index contributed by atoms with van der Waals surface area (Å²) < 4.78 is 7.56. The number of rotatable bonds is 11. The molecule has 4 aromatic rings. The van der Waals surface area contributed by atoms with Crippen molar-refractivity contribution in [3.8, 4) is 16.9 Å². The highest BCUT2D eigenvalue weighted by Gasteiger charge is 2.14. The van der Waals surface area contributed by atoms with E-state index in [0.29, 0.717) is 17.2 Å². The van der Waals surface area contributed by atoms with E-state index in [1.807, 2.05) is 18.2 Å². The van der Waals surface area contributed by atoms with Crippen molar-refractivity contribution in [2.75, 3.05) is 12.4 Å². The second-order valence-electron chi connectivity index (χ2n) is 8.07. The van der Waals surface area contributed by atoms with E-state index < -0.39 is 5.97 Å². The van der Waals surface area contributed by atoms with Crippen LogP contribution in [0.5, 0.6) is 5.75 Å². The van der Waals surface area contributed by atoms with E-state index in [2.05, 4.69) is 48.7 Å². The molecule has 0 saturated carbocycles. The van der Waals surface area contributed by atoms with E-state index in [9.17, 15) is 4.79 Å². The van der Waals surface area contributed by atoms with Gasteiger partial charge in [-0.3, -0.25) is 4.79 Å². The Labute approximate surface area is 213 Å². The van der Waals surface area contributed by atoms with Gasteiger partial charge in [-0.1, -0.05) is 61.3 Å². The molecular weight excluding hydrogens is 484 g/mol. The highest BCUT2D eigenvalue weighted by Crippen LogP contribution is 2.40. The van der Waals surface area contributed by atoms with Crippen LogP contribution in [0.25, 0.3) is 21.2 Å². The summed E-state index contributed by atoms with van der Waals surface area (Å²) in [7, 11) is 0. The summed E-state index contributed by atoms with van der Waals surface area (Å²) in [6, 6.07) is 20.3. The molecule has 6 heteroatoms. The molecule has 4 rings (SSSR count). The van der Waals surface area contributed by atoms with Crippen LogP contribution in [-0.4, -0.2) is 23.4 Å². The lowest BCUT2D eigenvalue weighted by Gasteiger charge is -2.13. The smallest absolute Gasteiger partial charge is 0.307 e. The summed E-state index contributed by atoms with van der Waals surface area (Å²) in [4.78, 5) is 11.8. The van der Waals surface area contributed by atoms with Crippen LogP contribution in [0.15, 0.2) is 70.9 Å². The second-order valence-corrected chi connectivity index (χ2v) is 10.5. The van der Waals surface area contributed by atoms with E-state index in [4.69, 9.17) is 21.4 Å². The van der Waals surface area contributed by atoms with Crippen molar-refractivity contribution in [3.05, 3.63) is 82.2 Å². The molecule has 0 saturated heterocycles. The maximum absolute atomic E-state index is 10.9. The third-order valence-electron chi connectivity index (χ3n) is 5.54. The molecule has 1 heterocycles. The summed E-state index contributed by atoms with van der Waals surface area (Å²) in [6.45, 7) is 2.84. The summed E-state index contributed by atoms with van der Waals surface area (Å²) in [6.07, 6.45) is 2.94. The van der Waals surface area contributed by atoms with E-state index in [-0.39, 0.29) is 6.42 Å². The molecular formula is C28H27ClO3S2. The molecule has 0 aliphatic rings. The first-order valence-electron chi connectivity index (χ1n) is 11.4. The van der Waals surface area contributed by atoms with Crippen LogP contribution in [0, 0.1) is 0 Å². The van der Waals surface area contributed by atoms with Crippen LogP contribution in [0.2, 0.25) is 5.02 Å². The van der Waals surface area contributed by atoms with Crippen molar-refractivity contribution in [2.45, 2.75) is 37.5 Å². The van der Waals surface area contributed by atoms with Crippen LogP contribution in [0.3, 0.4) is 0 Å². The van der Waals surface area contributed by atoms with Gasteiger partial charge in [-0.2, -0.15) is 0 Å². The molecule has 0 bridgehead atoms. The first-order valence-corrected chi connectivity index (χ1v) is 13.7. The average molecular weight is 511 g/mol. The van der Waals surface area contributed by atoms with E-state index >= 15 is 0 Å². The molecule has 34 heavy (non-hydrogen) atoms. The maximum atomic E-state index is 10.9. The zero-order chi connectivity index (χ0) is 23.9. The zero-order valence-corrected chi connectivity index (χ0v) is 21.4. The number of benzene rings is 3. The number of halogens is 1. The highest BCUT2D eigenvalue weighted by molar-refractivity contribution is 7.99. The molecule has 176 valence electrons. The Kier molecular flexibility index (Phi) is 8.54. The lowest BCUT2D eigenvalue weighted by molar-refractivity contribution is -0.136. The Morgan fingerprint density at radius 3 is 2.68 bits per heavy atom. The number of hydrogen-bond donors (Lipinski definition) is 1. The predicted molar refractivity (Wildman–Crippen MR) is 145 cm³/mol. The maximum Gasteiger partial charge on any atom is 0.307 e.